The molecule has 0 fully saturated rings. The largest absolute Gasteiger partial charge is 0.390 e. The van der Waals surface area contributed by atoms with Crippen molar-refractivity contribution in [1.82, 2.24) is 4.90 Å². The molecule has 25 heavy (non-hydrogen) atoms. The topological polar surface area (TPSA) is 59.0 Å². The molecule has 1 aromatic carbocycles. The van der Waals surface area contributed by atoms with Gasteiger partial charge in [-0.15, -0.1) is 0 Å². The minimum absolute atomic E-state index is 0.428. The second-order valence-electron chi connectivity index (χ2n) is 5.47. The summed E-state index contributed by atoms with van der Waals surface area (Å²) in [4.78, 5) is 28.5. The number of hydrogen-bond donors (Lipinski definition) is 0. The molecule has 5 heteroatoms. The molecule has 140 valence electrons. The highest BCUT2D eigenvalue weighted by atomic mass is 16.6. The van der Waals surface area contributed by atoms with Gasteiger partial charge >= 0.3 is 11.9 Å². The fourth-order valence-electron chi connectivity index (χ4n) is 2.30. The minimum atomic E-state index is -0.592. The number of carbonyl (C=O) groups is 2. The van der Waals surface area contributed by atoms with Gasteiger partial charge in [0.2, 0.25) is 0 Å². The van der Waals surface area contributed by atoms with Gasteiger partial charge in [0, 0.05) is 26.6 Å². The Morgan fingerprint density at radius 1 is 1.20 bits per heavy atom. The maximum atomic E-state index is 11.2. The normalized spacial score (nSPS) is 12.7. The highest BCUT2D eigenvalue weighted by Crippen LogP contribution is 2.08. The van der Waals surface area contributed by atoms with Crippen LogP contribution in [0.15, 0.2) is 29.3 Å². The van der Waals surface area contributed by atoms with Crippen LogP contribution in [0.4, 0.5) is 0 Å². The molecule has 0 aliphatic carbocycles. The molecule has 1 heterocycles. The fourth-order valence-corrected chi connectivity index (χ4v) is 2.30. The van der Waals surface area contributed by atoms with Crippen molar-refractivity contribution in [3.8, 4) is 0 Å². The maximum Gasteiger partial charge on any atom is 0.346 e. The maximum absolute atomic E-state index is 11.2. The molecule has 0 amide bonds. The van der Waals surface area contributed by atoms with Crippen LogP contribution in [0.3, 0.4) is 0 Å². The van der Waals surface area contributed by atoms with Gasteiger partial charge in [-0.25, -0.2) is 4.79 Å². The Bertz CT molecular complexity index is 568. The molecule has 1 aliphatic heterocycles. The molecule has 0 saturated heterocycles. The van der Waals surface area contributed by atoms with Gasteiger partial charge in [0.25, 0.3) is 0 Å². The summed E-state index contributed by atoms with van der Waals surface area (Å²) in [5.74, 6) is 0.0481. The van der Waals surface area contributed by atoms with Crippen LogP contribution in [0.5, 0.6) is 0 Å². The summed E-state index contributed by atoms with van der Waals surface area (Å²) in [6, 6.07) is 6.96. The molecule has 2 rings (SSSR count). The Kier molecular flexibility index (Phi) is 12.0. The highest BCUT2D eigenvalue weighted by Gasteiger charge is 2.11. The van der Waals surface area contributed by atoms with E-state index in [-0.39, 0.29) is 0 Å². The molecule has 0 bridgehead atoms. The summed E-state index contributed by atoms with van der Waals surface area (Å²) in [5, 5.41) is 0. The van der Waals surface area contributed by atoms with E-state index >= 15 is 0 Å². The lowest BCUT2D eigenvalue weighted by Gasteiger charge is -2.26. The third-order valence-corrected chi connectivity index (χ3v) is 3.48. The van der Waals surface area contributed by atoms with Crippen LogP contribution in [0, 0.1) is 6.92 Å². The molecule has 0 aromatic heterocycles. The van der Waals surface area contributed by atoms with Crippen LogP contribution in [0.2, 0.25) is 0 Å². The first-order valence-electron chi connectivity index (χ1n) is 9.00. The van der Waals surface area contributed by atoms with E-state index in [0.29, 0.717) is 5.56 Å². The molecule has 5 nitrogen and oxygen atoms in total. The number of esters is 2. The van der Waals surface area contributed by atoms with E-state index in [2.05, 4.69) is 28.5 Å². The Morgan fingerprint density at radius 3 is 2.36 bits per heavy atom. The Morgan fingerprint density at radius 2 is 1.84 bits per heavy atom. The van der Waals surface area contributed by atoms with Crippen LogP contribution in [0.25, 0.3) is 0 Å². The molecule has 0 atom stereocenters. The zero-order valence-corrected chi connectivity index (χ0v) is 16.5. The van der Waals surface area contributed by atoms with E-state index in [0.717, 1.165) is 12.1 Å². The van der Waals surface area contributed by atoms with Crippen molar-refractivity contribution in [3.63, 3.8) is 0 Å². The fraction of sp³-hybridized carbons (Fsp3) is 0.550. The predicted octanol–water partition coefficient (Wildman–Crippen LogP) is 4.25. The number of carbonyl (C=O) groups excluding carboxylic acids is 2. The number of ether oxygens (including phenoxy) is 1. The number of benzene rings is 1. The summed E-state index contributed by atoms with van der Waals surface area (Å²) in [7, 11) is 0. The van der Waals surface area contributed by atoms with Crippen molar-refractivity contribution < 1.29 is 14.3 Å². The Labute approximate surface area is 152 Å². The highest BCUT2D eigenvalue weighted by molar-refractivity contribution is 5.97. The van der Waals surface area contributed by atoms with Crippen molar-refractivity contribution in [2.75, 3.05) is 19.6 Å². The lowest BCUT2D eigenvalue weighted by Crippen LogP contribution is -2.34. The van der Waals surface area contributed by atoms with E-state index in [9.17, 15) is 9.59 Å². The van der Waals surface area contributed by atoms with Crippen molar-refractivity contribution in [3.05, 3.63) is 35.4 Å². The van der Waals surface area contributed by atoms with E-state index in [1.165, 1.54) is 38.7 Å². The number of rotatable bonds is 3. The number of aliphatic imine (C=N–C) groups is 1. The molecule has 0 saturated carbocycles. The van der Waals surface area contributed by atoms with Crippen LogP contribution in [0.1, 0.15) is 63.4 Å². The standard InChI is InChI=1S/C10H10O3.C8H16N2.C2H6/c1-7-5-3-4-6-9(7)10(12)13-8(2)11;1-3-6-10-7-4-5-9-8(10)2;1-2/h3-6H,1-2H3;3-7H2,1-2H3;1-2H3. The van der Waals surface area contributed by atoms with Gasteiger partial charge in [0.15, 0.2) is 0 Å². The van der Waals surface area contributed by atoms with E-state index in [1.54, 1.807) is 25.1 Å². The van der Waals surface area contributed by atoms with Gasteiger partial charge < -0.3 is 9.64 Å². The lowest BCUT2D eigenvalue weighted by atomic mass is 10.1. The lowest BCUT2D eigenvalue weighted by molar-refractivity contribution is -0.135. The van der Waals surface area contributed by atoms with Crippen LogP contribution >= 0.6 is 0 Å². The number of hydrogen-bond acceptors (Lipinski definition) is 5. The van der Waals surface area contributed by atoms with Gasteiger partial charge in [-0.1, -0.05) is 39.0 Å². The molecule has 1 aromatic rings. The third kappa shape index (κ3) is 9.03. The van der Waals surface area contributed by atoms with E-state index < -0.39 is 11.9 Å². The first-order valence-corrected chi connectivity index (χ1v) is 9.00. The number of aryl methyl sites for hydroxylation is 1. The Hall–Kier alpha value is -2.17. The predicted molar refractivity (Wildman–Crippen MR) is 103 cm³/mol. The number of amidine groups is 1. The summed E-state index contributed by atoms with van der Waals surface area (Å²) < 4.78 is 4.44. The molecule has 0 N–H and O–H groups in total. The minimum Gasteiger partial charge on any atom is -0.390 e. The monoisotopic (exact) mass is 348 g/mol. The van der Waals surface area contributed by atoms with E-state index in [1.807, 2.05) is 19.9 Å². The Balaban J connectivity index is 0.000000430. The average Bonchev–Trinajstić information content (AvgIpc) is 2.59. The van der Waals surface area contributed by atoms with Crippen LogP contribution in [-0.4, -0.2) is 42.3 Å². The molecular formula is C20H32N2O3. The summed E-state index contributed by atoms with van der Waals surface area (Å²) >= 11 is 0. The zero-order chi connectivity index (χ0) is 19.2. The summed E-state index contributed by atoms with van der Waals surface area (Å²) in [6.45, 7) is 14.7. The van der Waals surface area contributed by atoms with Gasteiger partial charge in [0.05, 0.1) is 11.4 Å². The van der Waals surface area contributed by atoms with Crippen LogP contribution in [-0.2, 0) is 9.53 Å². The molecule has 0 spiro atoms. The summed E-state index contributed by atoms with van der Waals surface area (Å²) in [6.07, 6.45) is 2.46. The smallest absolute Gasteiger partial charge is 0.346 e. The SMILES string of the molecule is CC.CC(=O)OC(=O)c1ccccc1C.CCCN1CCCN=C1C. The second kappa shape index (κ2) is 13.2. The van der Waals surface area contributed by atoms with Crippen molar-refractivity contribution in [2.45, 2.75) is 54.4 Å². The first kappa shape index (κ1) is 22.8. The first-order chi connectivity index (χ1) is 12.0. The van der Waals surface area contributed by atoms with Gasteiger partial charge in [-0.05, 0) is 38.3 Å². The van der Waals surface area contributed by atoms with Gasteiger partial charge in [0.1, 0.15) is 0 Å². The van der Waals surface area contributed by atoms with E-state index in [4.69, 9.17) is 0 Å². The molecule has 0 radical (unpaired) electrons. The van der Waals surface area contributed by atoms with Crippen LogP contribution < -0.4 is 0 Å². The van der Waals surface area contributed by atoms with Crippen molar-refractivity contribution in [2.24, 2.45) is 4.99 Å². The molecular weight excluding hydrogens is 316 g/mol. The quantitative estimate of drug-likeness (QED) is 0.605. The third-order valence-electron chi connectivity index (χ3n) is 3.48. The summed E-state index contributed by atoms with van der Waals surface area (Å²) in [5.41, 5.74) is 1.23. The average molecular weight is 348 g/mol. The van der Waals surface area contributed by atoms with Gasteiger partial charge in [-0.2, -0.15) is 0 Å². The van der Waals surface area contributed by atoms with Gasteiger partial charge in [-0.3, -0.25) is 9.79 Å². The number of nitrogens with zero attached hydrogens (tertiary/aromatic N) is 2. The van der Waals surface area contributed by atoms with Crippen molar-refractivity contribution in [1.29, 1.82) is 0 Å². The second-order valence-corrected chi connectivity index (χ2v) is 5.47. The van der Waals surface area contributed by atoms with Crippen molar-refractivity contribution >= 4 is 17.8 Å². The molecule has 1 aliphatic rings. The zero-order valence-electron chi connectivity index (χ0n) is 16.5. The molecule has 0 unspecified atom stereocenters.